The van der Waals surface area contributed by atoms with Gasteiger partial charge in [-0.25, -0.2) is 9.78 Å². The lowest BCUT2D eigenvalue weighted by Gasteiger charge is -2.38. The third-order valence-corrected chi connectivity index (χ3v) is 6.43. The van der Waals surface area contributed by atoms with Gasteiger partial charge in [-0.1, -0.05) is 29.5 Å². The van der Waals surface area contributed by atoms with Gasteiger partial charge in [-0.3, -0.25) is 4.18 Å². The highest BCUT2D eigenvalue weighted by molar-refractivity contribution is 7.86. The predicted octanol–water partition coefficient (Wildman–Crippen LogP) is 3.59. The molecule has 10 heteroatoms. The largest absolute Gasteiger partial charge is 0.487 e. The summed E-state index contributed by atoms with van der Waals surface area (Å²) in [5, 5.41) is 9.00. The quantitative estimate of drug-likeness (QED) is 0.255. The van der Waals surface area contributed by atoms with Crippen LogP contribution >= 0.6 is 0 Å². The Labute approximate surface area is 192 Å². The number of unbranched alkanes of at least 4 members (excludes halogenated alkanes) is 2. The smallest absolute Gasteiger partial charge is 0.407 e. The fraction of sp³-hybridized carbons (Fsp3) is 0.391. The molecule has 1 aliphatic rings. The van der Waals surface area contributed by atoms with Crippen LogP contribution in [0.5, 0.6) is 5.75 Å². The molecule has 1 aliphatic heterocycles. The summed E-state index contributed by atoms with van der Waals surface area (Å²) in [4.78, 5) is 16.0. The standard InChI is InChI=1S/C23H25FN2O6S/c1-17-7-9-20(10-8-17)33(29,30)32-13-5-3-2-4-6-18-14-21(22(24)25-15-18)31-16-19-11-12-26(19)23(27)28/h7-10,14-15,19H,2-3,5,11-13,16H2,1H3,(H,27,28). The maximum absolute atomic E-state index is 13.9. The Morgan fingerprint density at radius 3 is 2.73 bits per heavy atom. The number of rotatable bonds is 9. The second-order valence-corrected chi connectivity index (χ2v) is 9.21. The highest BCUT2D eigenvalue weighted by Crippen LogP contribution is 2.21. The van der Waals surface area contributed by atoms with Crippen LogP contribution in [-0.2, 0) is 14.3 Å². The second kappa shape index (κ2) is 11.1. The fourth-order valence-electron chi connectivity index (χ4n) is 3.07. The Hall–Kier alpha value is -3.16. The van der Waals surface area contributed by atoms with Crippen LogP contribution in [0, 0.1) is 24.7 Å². The summed E-state index contributed by atoms with van der Waals surface area (Å²) in [5.74, 6) is 4.95. The summed E-state index contributed by atoms with van der Waals surface area (Å²) >= 11 is 0. The van der Waals surface area contributed by atoms with Crippen molar-refractivity contribution in [3.8, 4) is 17.6 Å². The minimum atomic E-state index is -3.77. The molecule has 0 saturated carbocycles. The number of ether oxygens (including phenoxy) is 1. The lowest BCUT2D eigenvalue weighted by Crippen LogP contribution is -2.53. The molecule has 33 heavy (non-hydrogen) atoms. The van der Waals surface area contributed by atoms with E-state index in [1.165, 1.54) is 29.3 Å². The number of carboxylic acid groups (broad SMARTS) is 1. The number of carbonyl (C=O) groups is 1. The molecule has 1 saturated heterocycles. The SMILES string of the molecule is Cc1ccc(S(=O)(=O)OCCCCC#Cc2cnc(F)c(OCC3CCN3C(=O)O)c2)cc1. The Kier molecular flexibility index (Phi) is 8.25. The molecule has 2 heterocycles. The van der Waals surface area contributed by atoms with Crippen LogP contribution in [0.4, 0.5) is 9.18 Å². The lowest BCUT2D eigenvalue weighted by atomic mass is 10.1. The molecule has 1 fully saturated rings. The van der Waals surface area contributed by atoms with Crippen molar-refractivity contribution in [1.29, 1.82) is 0 Å². The van der Waals surface area contributed by atoms with Gasteiger partial charge in [-0.15, -0.1) is 0 Å². The van der Waals surface area contributed by atoms with Gasteiger partial charge in [0.1, 0.15) is 6.61 Å². The van der Waals surface area contributed by atoms with Gasteiger partial charge in [0, 0.05) is 30.8 Å². The maximum Gasteiger partial charge on any atom is 0.407 e. The Morgan fingerprint density at radius 2 is 2.06 bits per heavy atom. The van der Waals surface area contributed by atoms with Crippen molar-refractivity contribution in [3.05, 3.63) is 53.6 Å². The normalized spacial score (nSPS) is 15.3. The first-order valence-corrected chi connectivity index (χ1v) is 11.9. The number of benzene rings is 1. The van der Waals surface area contributed by atoms with E-state index in [0.29, 0.717) is 37.8 Å². The van der Waals surface area contributed by atoms with E-state index in [1.807, 2.05) is 6.92 Å². The molecule has 2 aromatic rings. The van der Waals surface area contributed by atoms with Crippen LogP contribution in [0.25, 0.3) is 0 Å². The van der Waals surface area contributed by atoms with Gasteiger partial charge < -0.3 is 14.7 Å². The van der Waals surface area contributed by atoms with Crippen molar-refractivity contribution in [2.45, 2.75) is 43.5 Å². The first kappa shape index (κ1) is 24.5. The topological polar surface area (TPSA) is 106 Å². The van der Waals surface area contributed by atoms with E-state index in [0.717, 1.165) is 5.56 Å². The molecule has 1 N–H and O–H groups in total. The average molecular weight is 477 g/mol. The zero-order chi connectivity index (χ0) is 23.8. The zero-order valence-electron chi connectivity index (χ0n) is 18.2. The van der Waals surface area contributed by atoms with Gasteiger partial charge in [0.05, 0.1) is 17.5 Å². The summed E-state index contributed by atoms with van der Waals surface area (Å²) in [6.07, 6.45) is 2.57. The van der Waals surface area contributed by atoms with Crippen LogP contribution in [-0.4, -0.2) is 55.3 Å². The number of aromatic nitrogens is 1. The summed E-state index contributed by atoms with van der Waals surface area (Å²) < 4.78 is 48.6. The van der Waals surface area contributed by atoms with Gasteiger partial charge >= 0.3 is 6.09 Å². The Bertz CT molecular complexity index is 1140. The van der Waals surface area contributed by atoms with Crippen LogP contribution in [0.2, 0.25) is 0 Å². The molecule has 0 spiro atoms. The average Bonchev–Trinajstić information content (AvgIpc) is 2.74. The predicted molar refractivity (Wildman–Crippen MR) is 118 cm³/mol. The molecule has 0 bridgehead atoms. The van der Waals surface area contributed by atoms with Gasteiger partial charge in [-0.2, -0.15) is 12.8 Å². The number of pyridine rings is 1. The van der Waals surface area contributed by atoms with Crippen molar-refractivity contribution < 1.29 is 31.6 Å². The first-order valence-electron chi connectivity index (χ1n) is 10.5. The summed E-state index contributed by atoms with van der Waals surface area (Å²) in [7, 11) is -3.77. The zero-order valence-corrected chi connectivity index (χ0v) is 19.0. The number of likely N-dealkylation sites (tertiary alicyclic amines) is 1. The third-order valence-electron chi connectivity index (χ3n) is 5.10. The van der Waals surface area contributed by atoms with E-state index in [1.54, 1.807) is 12.1 Å². The Morgan fingerprint density at radius 1 is 1.30 bits per heavy atom. The molecule has 1 unspecified atom stereocenters. The number of nitrogens with zero attached hydrogens (tertiary/aromatic N) is 2. The van der Waals surface area contributed by atoms with Crippen molar-refractivity contribution in [2.24, 2.45) is 0 Å². The van der Waals surface area contributed by atoms with E-state index in [2.05, 4.69) is 16.8 Å². The van der Waals surface area contributed by atoms with Gasteiger partial charge in [0.15, 0.2) is 5.75 Å². The van der Waals surface area contributed by atoms with Crippen LogP contribution in [0.15, 0.2) is 41.4 Å². The van der Waals surface area contributed by atoms with Crippen LogP contribution < -0.4 is 4.74 Å². The molecule has 1 aromatic carbocycles. The maximum atomic E-state index is 13.9. The van der Waals surface area contributed by atoms with E-state index in [4.69, 9.17) is 14.0 Å². The first-order chi connectivity index (χ1) is 15.8. The van der Waals surface area contributed by atoms with Crippen molar-refractivity contribution in [2.75, 3.05) is 19.8 Å². The molecule has 0 radical (unpaired) electrons. The molecule has 1 aromatic heterocycles. The van der Waals surface area contributed by atoms with E-state index < -0.39 is 22.2 Å². The molecule has 1 amide bonds. The second-order valence-electron chi connectivity index (χ2n) is 7.59. The lowest BCUT2D eigenvalue weighted by molar-refractivity contribution is 0.0489. The van der Waals surface area contributed by atoms with Crippen molar-refractivity contribution in [1.82, 2.24) is 9.88 Å². The highest BCUT2D eigenvalue weighted by Gasteiger charge is 2.32. The Balaban J connectivity index is 1.41. The number of hydrogen-bond donors (Lipinski definition) is 1. The summed E-state index contributed by atoms with van der Waals surface area (Å²) in [5.41, 5.74) is 1.43. The number of aryl methyl sites for hydroxylation is 1. The number of amides is 1. The third kappa shape index (κ3) is 6.91. The van der Waals surface area contributed by atoms with Crippen LogP contribution in [0.3, 0.4) is 0 Å². The number of halogens is 1. The molecule has 1 atom stereocenters. The highest BCUT2D eigenvalue weighted by atomic mass is 32.2. The fourth-order valence-corrected chi connectivity index (χ4v) is 4.01. The number of hydrogen-bond acceptors (Lipinski definition) is 6. The molecule has 3 rings (SSSR count). The van der Waals surface area contributed by atoms with Gasteiger partial charge in [0.2, 0.25) is 0 Å². The minimum absolute atomic E-state index is 0.0489. The van der Waals surface area contributed by atoms with Gasteiger partial charge in [-0.05, 0) is 38.3 Å². The van der Waals surface area contributed by atoms with E-state index >= 15 is 0 Å². The summed E-state index contributed by atoms with van der Waals surface area (Å²) in [6.45, 7) is 2.42. The molecule has 0 aliphatic carbocycles. The van der Waals surface area contributed by atoms with Gasteiger partial charge in [0.25, 0.3) is 16.1 Å². The van der Waals surface area contributed by atoms with Crippen LogP contribution in [0.1, 0.15) is 36.8 Å². The van der Waals surface area contributed by atoms with Crippen molar-refractivity contribution in [3.63, 3.8) is 0 Å². The van der Waals surface area contributed by atoms with Crippen molar-refractivity contribution >= 4 is 16.2 Å². The molecule has 8 nitrogen and oxygen atoms in total. The molecular formula is C23H25FN2O6S. The minimum Gasteiger partial charge on any atom is -0.487 e. The molecule has 176 valence electrons. The monoisotopic (exact) mass is 476 g/mol. The van der Waals surface area contributed by atoms with E-state index in [9.17, 15) is 17.6 Å². The van der Waals surface area contributed by atoms with E-state index in [-0.39, 0.29) is 29.9 Å². The molecular weight excluding hydrogens is 451 g/mol. The summed E-state index contributed by atoms with van der Waals surface area (Å²) in [6, 6.07) is 7.58.